The largest absolute Gasteiger partial charge is 0.503 e. The Kier molecular flexibility index (Phi) is 4.86. The molecule has 0 fully saturated rings. The number of amides is 1. The van der Waals surface area contributed by atoms with Gasteiger partial charge in [-0.3, -0.25) is 14.5 Å². The third-order valence-corrected chi connectivity index (χ3v) is 5.18. The van der Waals surface area contributed by atoms with Gasteiger partial charge in [-0.2, -0.15) is 0 Å². The summed E-state index contributed by atoms with van der Waals surface area (Å²) in [4.78, 5) is 35.4. The molecule has 0 radical (unpaired) electrons. The molecule has 1 atom stereocenters. The van der Waals surface area contributed by atoms with Crippen LogP contribution in [-0.4, -0.2) is 26.8 Å². The number of carbonyl (C=O) groups is 2. The van der Waals surface area contributed by atoms with Crippen molar-refractivity contribution >= 4 is 40.8 Å². The van der Waals surface area contributed by atoms with Crippen molar-refractivity contribution in [1.29, 1.82) is 0 Å². The molecule has 0 aliphatic carbocycles. The maximum absolute atomic E-state index is 13.1. The van der Waals surface area contributed by atoms with Gasteiger partial charge in [0.25, 0.3) is 5.91 Å². The number of benzene rings is 1. The molecule has 146 valence electrons. The molecule has 9 heteroatoms. The number of aliphatic hydroxyl groups is 1. The highest BCUT2D eigenvalue weighted by Crippen LogP contribution is 2.42. The molecule has 1 unspecified atom stereocenters. The number of carbonyl (C=O) groups excluding carboxylic acids is 2. The fourth-order valence-corrected chi connectivity index (χ4v) is 3.45. The lowest BCUT2D eigenvalue weighted by Crippen LogP contribution is -2.32. The maximum atomic E-state index is 13.1. The summed E-state index contributed by atoms with van der Waals surface area (Å²) in [6.45, 7) is 1.69. The highest BCUT2D eigenvalue weighted by atomic mass is 35.5. The van der Waals surface area contributed by atoms with Gasteiger partial charge in [0.2, 0.25) is 11.7 Å². The van der Waals surface area contributed by atoms with Gasteiger partial charge in [0.1, 0.15) is 5.76 Å². The summed E-state index contributed by atoms with van der Waals surface area (Å²) >= 11 is 12.2. The van der Waals surface area contributed by atoms with Crippen molar-refractivity contribution in [3.8, 4) is 0 Å². The van der Waals surface area contributed by atoms with Crippen molar-refractivity contribution in [3.63, 3.8) is 0 Å². The fourth-order valence-electron chi connectivity index (χ4n) is 3.15. The molecule has 0 bridgehead atoms. The number of hydrogen-bond donors (Lipinski definition) is 1. The number of rotatable bonds is 4. The van der Waals surface area contributed by atoms with E-state index in [1.807, 2.05) is 0 Å². The van der Waals surface area contributed by atoms with Gasteiger partial charge >= 0.3 is 0 Å². The van der Waals surface area contributed by atoms with Gasteiger partial charge in [0, 0.05) is 12.4 Å². The topological polar surface area (TPSA) is 96.5 Å². The number of ketones is 1. The molecule has 0 saturated heterocycles. The van der Waals surface area contributed by atoms with E-state index in [-0.39, 0.29) is 22.3 Å². The van der Waals surface area contributed by atoms with Gasteiger partial charge in [-0.1, -0.05) is 29.3 Å². The van der Waals surface area contributed by atoms with Crippen LogP contribution in [-0.2, 0) is 4.79 Å². The summed E-state index contributed by atoms with van der Waals surface area (Å²) in [5, 5.41) is 11.1. The Morgan fingerprint density at radius 3 is 2.48 bits per heavy atom. The zero-order valence-electron chi connectivity index (χ0n) is 15.0. The third-order valence-electron chi connectivity index (χ3n) is 4.44. The minimum Gasteiger partial charge on any atom is -0.503 e. The molecule has 4 rings (SSSR count). The van der Waals surface area contributed by atoms with Crippen molar-refractivity contribution in [1.82, 2.24) is 9.97 Å². The molecule has 1 aliphatic rings. The normalized spacial score (nSPS) is 16.6. The fraction of sp³-hybridized carbons (Fsp3) is 0.100. The summed E-state index contributed by atoms with van der Waals surface area (Å²) in [7, 11) is 0. The van der Waals surface area contributed by atoms with Crippen molar-refractivity contribution in [3.05, 3.63) is 87.3 Å². The quantitative estimate of drug-likeness (QED) is 0.614. The van der Waals surface area contributed by atoms with Gasteiger partial charge in [0.05, 0.1) is 21.7 Å². The van der Waals surface area contributed by atoms with E-state index >= 15 is 0 Å². The van der Waals surface area contributed by atoms with Crippen LogP contribution >= 0.6 is 23.2 Å². The number of hydrogen-bond acceptors (Lipinski definition) is 6. The molecular weight excluding hydrogens is 417 g/mol. The summed E-state index contributed by atoms with van der Waals surface area (Å²) < 4.78 is 5.41. The predicted octanol–water partition coefficient (Wildman–Crippen LogP) is 4.47. The van der Waals surface area contributed by atoms with Crippen LogP contribution in [0.5, 0.6) is 0 Å². The minimum atomic E-state index is -1.02. The van der Waals surface area contributed by atoms with Crippen molar-refractivity contribution < 1.29 is 19.1 Å². The number of Topliss-reactive ketones (excluding diaryl/α,β-unsaturated/α-hetero) is 1. The van der Waals surface area contributed by atoms with E-state index in [4.69, 9.17) is 27.6 Å². The summed E-state index contributed by atoms with van der Waals surface area (Å²) in [6.07, 6.45) is 2.91. The van der Waals surface area contributed by atoms with Gasteiger partial charge < -0.3 is 9.52 Å². The Labute approximate surface area is 175 Å². The van der Waals surface area contributed by atoms with Crippen molar-refractivity contribution in [2.75, 3.05) is 4.90 Å². The molecule has 0 spiro atoms. The molecule has 1 amide bonds. The molecule has 7 nitrogen and oxygen atoms in total. The molecule has 2 aromatic heterocycles. The first kappa shape index (κ1) is 19.2. The number of anilines is 1. The average Bonchev–Trinajstić information content (AvgIpc) is 3.26. The first-order valence-electron chi connectivity index (χ1n) is 8.48. The number of halogens is 2. The Hall–Kier alpha value is -3.16. The van der Waals surface area contributed by atoms with Crippen LogP contribution in [0.3, 0.4) is 0 Å². The van der Waals surface area contributed by atoms with Crippen LogP contribution in [0.15, 0.2) is 64.5 Å². The minimum absolute atomic E-state index is 0.00209. The Bertz CT molecular complexity index is 1160. The van der Waals surface area contributed by atoms with Gasteiger partial charge in [-0.05, 0) is 42.8 Å². The number of aryl methyl sites for hydroxylation is 1. The van der Waals surface area contributed by atoms with Crippen LogP contribution in [0.4, 0.5) is 5.95 Å². The third kappa shape index (κ3) is 3.28. The highest BCUT2D eigenvalue weighted by Gasteiger charge is 2.46. The number of aliphatic hydroxyl groups excluding tert-OH is 1. The van der Waals surface area contributed by atoms with E-state index in [9.17, 15) is 14.7 Å². The van der Waals surface area contributed by atoms with Crippen molar-refractivity contribution in [2.24, 2.45) is 0 Å². The van der Waals surface area contributed by atoms with Gasteiger partial charge in [-0.25, -0.2) is 9.97 Å². The zero-order chi connectivity index (χ0) is 20.7. The lowest BCUT2D eigenvalue weighted by atomic mass is 9.95. The molecule has 1 aliphatic heterocycles. The van der Waals surface area contributed by atoms with Crippen LogP contribution < -0.4 is 4.90 Å². The Balaban J connectivity index is 1.90. The summed E-state index contributed by atoms with van der Waals surface area (Å²) in [5.41, 5.74) is 0.297. The lowest BCUT2D eigenvalue weighted by Gasteiger charge is -2.24. The SMILES string of the molecule is Cc1ccc(C(=O)C2=C(O)C(=O)N(c3ncccn3)C2c2ccc(Cl)c(Cl)c2)o1. The second kappa shape index (κ2) is 7.35. The summed E-state index contributed by atoms with van der Waals surface area (Å²) in [5.74, 6) is -1.59. The molecule has 1 aromatic carbocycles. The number of nitrogens with zero attached hydrogens (tertiary/aromatic N) is 3. The molecule has 29 heavy (non-hydrogen) atoms. The van der Waals surface area contributed by atoms with E-state index in [1.165, 1.54) is 24.5 Å². The van der Waals surface area contributed by atoms with E-state index in [0.29, 0.717) is 16.3 Å². The van der Waals surface area contributed by atoms with Crippen LogP contribution in [0.1, 0.15) is 27.9 Å². The van der Waals surface area contributed by atoms with E-state index in [2.05, 4.69) is 9.97 Å². The van der Waals surface area contributed by atoms with E-state index in [1.54, 1.807) is 31.2 Å². The average molecular weight is 430 g/mol. The smallest absolute Gasteiger partial charge is 0.296 e. The summed E-state index contributed by atoms with van der Waals surface area (Å²) in [6, 6.07) is 8.35. The van der Waals surface area contributed by atoms with Gasteiger partial charge in [-0.15, -0.1) is 0 Å². The van der Waals surface area contributed by atoms with Gasteiger partial charge in [0.15, 0.2) is 11.5 Å². The second-order valence-electron chi connectivity index (χ2n) is 6.30. The van der Waals surface area contributed by atoms with Crippen LogP contribution in [0.25, 0.3) is 0 Å². The second-order valence-corrected chi connectivity index (χ2v) is 7.12. The molecule has 3 aromatic rings. The molecule has 1 N–H and O–H groups in total. The van der Waals surface area contributed by atoms with E-state index in [0.717, 1.165) is 4.90 Å². The van der Waals surface area contributed by atoms with E-state index < -0.39 is 23.5 Å². The first-order chi connectivity index (χ1) is 13.9. The molecular formula is C20H13Cl2N3O4. The zero-order valence-corrected chi connectivity index (χ0v) is 16.5. The first-order valence-corrected chi connectivity index (χ1v) is 9.24. The van der Waals surface area contributed by atoms with Crippen LogP contribution in [0.2, 0.25) is 10.0 Å². The Morgan fingerprint density at radius 2 is 1.86 bits per heavy atom. The molecule has 3 heterocycles. The predicted molar refractivity (Wildman–Crippen MR) is 106 cm³/mol. The van der Waals surface area contributed by atoms with Crippen molar-refractivity contribution in [2.45, 2.75) is 13.0 Å². The number of furan rings is 1. The molecule has 0 saturated carbocycles. The Morgan fingerprint density at radius 1 is 1.14 bits per heavy atom. The monoisotopic (exact) mass is 429 g/mol. The number of aromatic nitrogens is 2. The maximum Gasteiger partial charge on any atom is 0.296 e. The van der Waals surface area contributed by atoms with Crippen LogP contribution in [0, 0.1) is 6.92 Å². The lowest BCUT2D eigenvalue weighted by molar-refractivity contribution is -0.117. The highest BCUT2D eigenvalue weighted by molar-refractivity contribution is 6.42. The standard InChI is InChI=1S/C20H13Cl2N3O4/c1-10-3-6-14(29-10)17(26)15-16(11-4-5-12(21)13(22)9-11)25(19(28)18(15)27)20-23-7-2-8-24-20/h2-9,16,27H,1H3.